The number of nitrogens with zero attached hydrogens (tertiary/aromatic N) is 2. The Balaban J connectivity index is 1.73. The van der Waals surface area contributed by atoms with Gasteiger partial charge in [-0.3, -0.25) is 5.32 Å². The van der Waals surface area contributed by atoms with Crippen molar-refractivity contribution >= 4 is 32.8 Å². The molecule has 1 saturated heterocycles. The van der Waals surface area contributed by atoms with Gasteiger partial charge in [0, 0.05) is 15.3 Å². The Morgan fingerprint density at radius 1 is 1.28 bits per heavy atom. The molecule has 1 aliphatic rings. The minimum absolute atomic E-state index is 0.0810. The first kappa shape index (κ1) is 20.5. The summed E-state index contributed by atoms with van der Waals surface area (Å²) >= 11 is 8.01. The van der Waals surface area contributed by atoms with Crippen LogP contribution in [-0.2, 0) is 15.4 Å². The van der Waals surface area contributed by atoms with Crippen molar-refractivity contribution in [2.75, 3.05) is 5.75 Å². The van der Waals surface area contributed by atoms with E-state index < -0.39 is 26.3 Å². The molecule has 7 nitrogen and oxygen atoms in total. The van der Waals surface area contributed by atoms with E-state index >= 15 is 0 Å². The Morgan fingerprint density at radius 2 is 2.00 bits per heavy atom. The van der Waals surface area contributed by atoms with Crippen LogP contribution in [0, 0.1) is 0 Å². The molecule has 2 aromatic heterocycles. The van der Waals surface area contributed by atoms with Gasteiger partial charge in [-0.1, -0.05) is 23.7 Å². The largest absolute Gasteiger partial charge is 0.423 e. The molecule has 3 aromatic rings. The Bertz CT molecular complexity index is 1160. The summed E-state index contributed by atoms with van der Waals surface area (Å²) in [4.78, 5) is 1.65. The number of sulfone groups is 1. The van der Waals surface area contributed by atoms with Gasteiger partial charge in [0.25, 0.3) is 0 Å². The van der Waals surface area contributed by atoms with Crippen LogP contribution in [0.2, 0.25) is 5.02 Å². The maximum atomic E-state index is 12.9. The van der Waals surface area contributed by atoms with Gasteiger partial charge >= 0.3 is 0 Å². The molecule has 0 saturated carbocycles. The van der Waals surface area contributed by atoms with Gasteiger partial charge in [-0.05, 0) is 44.5 Å². The number of nitrogens with one attached hydrogen (secondary N) is 1. The van der Waals surface area contributed by atoms with Crippen LogP contribution >= 0.6 is 22.9 Å². The van der Waals surface area contributed by atoms with E-state index in [9.17, 15) is 8.42 Å². The Morgan fingerprint density at radius 3 is 2.66 bits per heavy atom. The standard InChI is InChI=1S/C19H21ClN4O3S2/c1-18(2)17(21)23-19(3,9-29(18,25)26)15-13(20)8-14(28-15)11-5-4-6-12(7-11)16-24-22-10-27-16/h4-8,10,17,23H,9,21H2,1-3H3/t17?,19-/m0/s1. The van der Waals surface area contributed by atoms with Crippen LogP contribution in [0.25, 0.3) is 21.9 Å². The summed E-state index contributed by atoms with van der Waals surface area (Å²) in [5.41, 5.74) is 7.03. The van der Waals surface area contributed by atoms with Crippen molar-refractivity contribution in [3.63, 3.8) is 0 Å². The number of rotatable bonds is 3. The number of nitrogens with two attached hydrogens (primary N) is 1. The molecule has 10 heteroatoms. The van der Waals surface area contributed by atoms with Gasteiger partial charge in [0.15, 0.2) is 9.84 Å². The van der Waals surface area contributed by atoms with E-state index in [2.05, 4.69) is 15.5 Å². The first-order valence-electron chi connectivity index (χ1n) is 8.96. The van der Waals surface area contributed by atoms with Crippen LogP contribution in [0.15, 0.2) is 41.1 Å². The summed E-state index contributed by atoms with van der Waals surface area (Å²) in [6.45, 7) is 5.12. The minimum Gasteiger partial charge on any atom is -0.423 e. The van der Waals surface area contributed by atoms with Gasteiger partial charge in [0.05, 0.1) is 27.2 Å². The Labute approximate surface area is 178 Å². The fourth-order valence-corrected chi connectivity index (χ4v) is 6.99. The lowest BCUT2D eigenvalue weighted by Gasteiger charge is -2.46. The molecule has 154 valence electrons. The number of hydrogen-bond donors (Lipinski definition) is 2. The molecule has 0 bridgehead atoms. The smallest absolute Gasteiger partial charge is 0.247 e. The monoisotopic (exact) mass is 452 g/mol. The number of benzene rings is 1. The summed E-state index contributed by atoms with van der Waals surface area (Å²) in [6, 6.07) is 9.51. The van der Waals surface area contributed by atoms with E-state index in [1.807, 2.05) is 37.3 Å². The highest BCUT2D eigenvalue weighted by molar-refractivity contribution is 7.92. The molecular weight excluding hydrogens is 432 g/mol. The summed E-state index contributed by atoms with van der Waals surface area (Å²) < 4.78 is 30.0. The first-order valence-corrected chi connectivity index (χ1v) is 11.8. The van der Waals surface area contributed by atoms with Crippen LogP contribution in [0.1, 0.15) is 25.6 Å². The molecule has 1 aromatic carbocycles. The average molecular weight is 453 g/mol. The third-order valence-electron chi connectivity index (χ3n) is 5.45. The highest BCUT2D eigenvalue weighted by Gasteiger charge is 2.52. The van der Waals surface area contributed by atoms with Crippen LogP contribution in [0.5, 0.6) is 0 Å². The van der Waals surface area contributed by atoms with Crippen molar-refractivity contribution < 1.29 is 12.8 Å². The van der Waals surface area contributed by atoms with E-state index in [-0.39, 0.29) is 5.75 Å². The van der Waals surface area contributed by atoms with E-state index in [4.69, 9.17) is 21.8 Å². The van der Waals surface area contributed by atoms with Crippen LogP contribution < -0.4 is 11.1 Å². The Kier molecular flexibility index (Phi) is 4.86. The molecule has 0 amide bonds. The third-order valence-corrected chi connectivity index (χ3v) is 10.1. The second kappa shape index (κ2) is 6.88. The van der Waals surface area contributed by atoms with Gasteiger partial charge in [-0.2, -0.15) is 0 Å². The van der Waals surface area contributed by atoms with Gasteiger partial charge in [0.2, 0.25) is 12.3 Å². The number of halogens is 1. The lowest BCUT2D eigenvalue weighted by molar-refractivity contribution is 0.282. The quantitative estimate of drug-likeness (QED) is 0.626. The van der Waals surface area contributed by atoms with Crippen LogP contribution in [0.3, 0.4) is 0 Å². The maximum absolute atomic E-state index is 12.9. The van der Waals surface area contributed by atoms with E-state index in [1.54, 1.807) is 13.8 Å². The average Bonchev–Trinajstić information content (AvgIpc) is 3.30. The van der Waals surface area contributed by atoms with Crippen molar-refractivity contribution in [1.82, 2.24) is 15.5 Å². The van der Waals surface area contributed by atoms with E-state index in [0.29, 0.717) is 10.9 Å². The molecular formula is C19H21ClN4O3S2. The van der Waals surface area contributed by atoms with Crippen LogP contribution in [-0.4, -0.2) is 35.3 Å². The molecule has 4 rings (SSSR count). The van der Waals surface area contributed by atoms with E-state index in [1.165, 1.54) is 17.7 Å². The summed E-state index contributed by atoms with van der Waals surface area (Å²) in [7, 11) is -3.44. The number of thiophene rings is 1. The predicted molar refractivity (Wildman–Crippen MR) is 114 cm³/mol. The number of aromatic nitrogens is 2. The van der Waals surface area contributed by atoms with Gasteiger partial charge in [0.1, 0.15) is 0 Å². The zero-order chi connectivity index (χ0) is 21.0. The predicted octanol–water partition coefficient (Wildman–Crippen LogP) is 3.42. The van der Waals surface area contributed by atoms with Crippen LogP contribution in [0.4, 0.5) is 0 Å². The van der Waals surface area contributed by atoms with Crippen molar-refractivity contribution in [3.8, 4) is 21.9 Å². The highest BCUT2D eigenvalue weighted by atomic mass is 35.5. The number of hydrogen-bond acceptors (Lipinski definition) is 8. The van der Waals surface area contributed by atoms with Crippen molar-refractivity contribution in [1.29, 1.82) is 0 Å². The van der Waals surface area contributed by atoms with Crippen molar-refractivity contribution in [2.45, 2.75) is 37.2 Å². The zero-order valence-corrected chi connectivity index (χ0v) is 18.5. The lowest BCUT2D eigenvalue weighted by atomic mass is 9.99. The van der Waals surface area contributed by atoms with Gasteiger partial charge < -0.3 is 10.2 Å². The molecule has 1 fully saturated rings. The molecule has 1 aliphatic heterocycles. The summed E-state index contributed by atoms with van der Waals surface area (Å²) in [5.74, 6) is 0.345. The Hall–Kier alpha value is -1.78. The molecule has 29 heavy (non-hydrogen) atoms. The van der Waals surface area contributed by atoms with Gasteiger partial charge in [-0.25, -0.2) is 8.42 Å². The minimum atomic E-state index is -3.44. The summed E-state index contributed by atoms with van der Waals surface area (Å²) in [6.07, 6.45) is 0.566. The fourth-order valence-electron chi connectivity index (χ4n) is 3.44. The third kappa shape index (κ3) is 3.40. The fraction of sp³-hybridized carbons (Fsp3) is 0.368. The van der Waals surface area contributed by atoms with Gasteiger partial charge in [-0.15, -0.1) is 21.5 Å². The molecule has 1 unspecified atom stereocenters. The second-order valence-corrected chi connectivity index (χ2v) is 12.0. The first-order chi connectivity index (χ1) is 13.5. The van der Waals surface area contributed by atoms with E-state index in [0.717, 1.165) is 20.9 Å². The van der Waals surface area contributed by atoms with Crippen molar-refractivity contribution in [3.05, 3.63) is 46.6 Å². The molecule has 3 heterocycles. The molecule has 0 aliphatic carbocycles. The molecule has 0 spiro atoms. The molecule has 3 N–H and O–H groups in total. The SMILES string of the molecule is CC1(C)C(N)N[C@](C)(c2sc(-c3cccc(-c4nnco4)c3)cc2Cl)CS1(=O)=O. The molecule has 2 atom stereocenters. The summed E-state index contributed by atoms with van der Waals surface area (Å²) in [5, 5.41) is 11.4. The topological polar surface area (TPSA) is 111 Å². The normalized spacial score (nSPS) is 25.8. The molecule has 0 radical (unpaired) electrons. The highest BCUT2D eigenvalue weighted by Crippen LogP contribution is 2.44. The lowest BCUT2D eigenvalue weighted by Crippen LogP contribution is -2.69. The van der Waals surface area contributed by atoms with Crippen molar-refractivity contribution in [2.24, 2.45) is 5.73 Å². The maximum Gasteiger partial charge on any atom is 0.247 e. The zero-order valence-electron chi connectivity index (χ0n) is 16.1. The second-order valence-electron chi connectivity index (χ2n) is 7.93.